The first-order valence-electron chi connectivity index (χ1n) is 5.77. The number of morpholine rings is 1. The molecule has 1 saturated heterocycles. The van der Waals surface area contributed by atoms with Crippen molar-refractivity contribution in [2.75, 3.05) is 18.0 Å². The van der Waals surface area contributed by atoms with Crippen LogP contribution in [0, 0.1) is 0 Å². The summed E-state index contributed by atoms with van der Waals surface area (Å²) in [4.78, 5) is 18.5. The predicted molar refractivity (Wildman–Crippen MR) is 69.0 cm³/mol. The molecule has 4 nitrogen and oxygen atoms in total. The molecule has 0 aliphatic carbocycles. The van der Waals surface area contributed by atoms with Gasteiger partial charge in [-0.25, -0.2) is 4.98 Å². The average Bonchev–Trinajstić information content (AvgIpc) is 2.62. The minimum absolute atomic E-state index is 0.0781. The van der Waals surface area contributed by atoms with E-state index >= 15 is 0 Å². The van der Waals surface area contributed by atoms with Crippen molar-refractivity contribution in [1.82, 2.24) is 4.98 Å². The van der Waals surface area contributed by atoms with Crippen LogP contribution in [0.4, 0.5) is 5.13 Å². The lowest BCUT2D eigenvalue weighted by atomic mass is 10.1. The molecule has 1 unspecified atom stereocenters. The number of hydrogen-bond donors (Lipinski definition) is 0. The van der Waals surface area contributed by atoms with Crippen molar-refractivity contribution in [3.05, 3.63) is 11.1 Å². The van der Waals surface area contributed by atoms with E-state index in [0.717, 1.165) is 23.1 Å². The molecule has 1 aromatic rings. The predicted octanol–water partition coefficient (Wildman–Crippen LogP) is 2.35. The molecule has 0 saturated carbocycles. The van der Waals surface area contributed by atoms with Crippen LogP contribution in [-0.4, -0.2) is 35.6 Å². The number of hydrogen-bond acceptors (Lipinski definition) is 5. The van der Waals surface area contributed by atoms with E-state index in [1.54, 1.807) is 13.1 Å². The van der Waals surface area contributed by atoms with Crippen molar-refractivity contribution in [2.45, 2.75) is 39.4 Å². The SMILES string of the molecule is CC(=O)c1cnc(N2CC(C)OC(C)(C)C2)s1. The standard InChI is InChI=1S/C12H18N2O2S/c1-8-6-14(7-12(3,4)16-8)11-13-5-10(17-11)9(2)15/h5,8H,6-7H2,1-4H3. The van der Waals surface area contributed by atoms with Crippen LogP contribution in [-0.2, 0) is 4.74 Å². The highest BCUT2D eigenvalue weighted by molar-refractivity contribution is 7.17. The molecule has 94 valence electrons. The summed E-state index contributed by atoms with van der Waals surface area (Å²) in [6.07, 6.45) is 1.85. The van der Waals surface area contributed by atoms with Gasteiger partial charge in [-0.2, -0.15) is 0 Å². The van der Waals surface area contributed by atoms with Crippen molar-refractivity contribution in [3.8, 4) is 0 Å². The monoisotopic (exact) mass is 254 g/mol. The van der Waals surface area contributed by atoms with E-state index in [0.29, 0.717) is 0 Å². The topological polar surface area (TPSA) is 42.4 Å². The van der Waals surface area contributed by atoms with Crippen LogP contribution in [0.5, 0.6) is 0 Å². The fraction of sp³-hybridized carbons (Fsp3) is 0.667. The lowest BCUT2D eigenvalue weighted by Crippen LogP contribution is -2.52. The molecule has 1 aliphatic heterocycles. The lowest BCUT2D eigenvalue weighted by Gasteiger charge is -2.41. The Balaban J connectivity index is 2.18. The van der Waals surface area contributed by atoms with E-state index in [9.17, 15) is 4.79 Å². The molecule has 0 N–H and O–H groups in total. The Hall–Kier alpha value is -0.940. The van der Waals surface area contributed by atoms with Crippen molar-refractivity contribution in [1.29, 1.82) is 0 Å². The number of rotatable bonds is 2. The Bertz CT molecular complexity index is 428. The molecule has 2 rings (SSSR count). The zero-order chi connectivity index (χ0) is 12.6. The van der Waals surface area contributed by atoms with E-state index in [4.69, 9.17) is 4.74 Å². The first-order chi connectivity index (χ1) is 7.87. The molecule has 1 atom stereocenters. The summed E-state index contributed by atoms with van der Waals surface area (Å²) in [6, 6.07) is 0. The molecule has 0 aromatic carbocycles. The van der Waals surface area contributed by atoms with Gasteiger partial charge in [0.1, 0.15) is 0 Å². The van der Waals surface area contributed by atoms with Gasteiger partial charge in [0.05, 0.1) is 22.8 Å². The van der Waals surface area contributed by atoms with Crippen LogP contribution in [0.2, 0.25) is 0 Å². The number of carbonyl (C=O) groups is 1. The number of anilines is 1. The van der Waals surface area contributed by atoms with Gasteiger partial charge < -0.3 is 9.64 Å². The fourth-order valence-electron chi connectivity index (χ4n) is 2.17. The molecule has 2 heterocycles. The van der Waals surface area contributed by atoms with Crippen LogP contribution < -0.4 is 4.90 Å². The number of nitrogens with zero attached hydrogens (tertiary/aromatic N) is 2. The van der Waals surface area contributed by atoms with E-state index in [-0.39, 0.29) is 17.5 Å². The number of Topliss-reactive ketones (excluding diaryl/α,β-unsaturated/α-hetero) is 1. The van der Waals surface area contributed by atoms with Gasteiger partial charge in [0, 0.05) is 20.0 Å². The summed E-state index contributed by atoms with van der Waals surface area (Å²) in [5, 5.41) is 0.915. The molecular weight excluding hydrogens is 236 g/mol. The molecule has 1 aliphatic rings. The van der Waals surface area contributed by atoms with Crippen molar-refractivity contribution in [3.63, 3.8) is 0 Å². The Labute approximate surface area is 106 Å². The zero-order valence-electron chi connectivity index (χ0n) is 10.7. The number of carbonyl (C=O) groups excluding carboxylic acids is 1. The van der Waals surface area contributed by atoms with Gasteiger partial charge in [-0.05, 0) is 20.8 Å². The molecular formula is C12H18N2O2S. The normalized spacial score (nSPS) is 23.8. The molecule has 0 bridgehead atoms. The van der Waals surface area contributed by atoms with Gasteiger partial charge in [-0.1, -0.05) is 11.3 Å². The minimum Gasteiger partial charge on any atom is -0.369 e. The van der Waals surface area contributed by atoms with Gasteiger partial charge in [0.25, 0.3) is 0 Å². The second-order valence-corrected chi connectivity index (χ2v) is 6.14. The summed E-state index contributed by atoms with van der Waals surface area (Å²) in [5.41, 5.74) is -0.167. The zero-order valence-corrected chi connectivity index (χ0v) is 11.5. The maximum atomic E-state index is 11.3. The van der Waals surface area contributed by atoms with Crippen LogP contribution in [0.25, 0.3) is 0 Å². The van der Waals surface area contributed by atoms with E-state index in [2.05, 4.69) is 30.7 Å². The van der Waals surface area contributed by atoms with E-state index in [1.807, 2.05) is 0 Å². The van der Waals surface area contributed by atoms with Gasteiger partial charge >= 0.3 is 0 Å². The van der Waals surface area contributed by atoms with Crippen molar-refractivity contribution < 1.29 is 9.53 Å². The van der Waals surface area contributed by atoms with Crippen molar-refractivity contribution >= 4 is 22.3 Å². The quantitative estimate of drug-likeness (QED) is 0.760. The third-order valence-electron chi connectivity index (χ3n) is 2.68. The Kier molecular flexibility index (Phi) is 3.23. The second-order valence-electron chi connectivity index (χ2n) is 5.13. The minimum atomic E-state index is -0.167. The molecule has 1 fully saturated rings. The van der Waals surface area contributed by atoms with E-state index < -0.39 is 0 Å². The first-order valence-corrected chi connectivity index (χ1v) is 6.58. The molecule has 0 radical (unpaired) electrons. The van der Waals surface area contributed by atoms with Crippen molar-refractivity contribution in [2.24, 2.45) is 0 Å². The smallest absolute Gasteiger partial charge is 0.186 e. The highest BCUT2D eigenvalue weighted by Gasteiger charge is 2.32. The summed E-state index contributed by atoms with van der Waals surface area (Å²) in [7, 11) is 0. The summed E-state index contributed by atoms with van der Waals surface area (Å²) < 4.78 is 5.85. The fourth-order valence-corrected chi connectivity index (χ4v) is 2.99. The van der Waals surface area contributed by atoms with Crippen LogP contribution in [0.1, 0.15) is 37.4 Å². The van der Waals surface area contributed by atoms with Gasteiger partial charge in [-0.15, -0.1) is 0 Å². The third kappa shape index (κ3) is 2.84. The lowest BCUT2D eigenvalue weighted by molar-refractivity contribution is -0.0749. The average molecular weight is 254 g/mol. The number of thiazole rings is 1. The maximum Gasteiger partial charge on any atom is 0.186 e. The summed E-state index contributed by atoms with van der Waals surface area (Å²) in [5.74, 6) is 0.0781. The summed E-state index contributed by atoms with van der Waals surface area (Å²) >= 11 is 1.46. The Morgan fingerprint density at radius 2 is 2.35 bits per heavy atom. The maximum absolute atomic E-state index is 11.3. The highest BCUT2D eigenvalue weighted by atomic mass is 32.1. The Morgan fingerprint density at radius 1 is 1.65 bits per heavy atom. The Morgan fingerprint density at radius 3 is 2.88 bits per heavy atom. The first kappa shape index (κ1) is 12.5. The van der Waals surface area contributed by atoms with Crippen LogP contribution >= 0.6 is 11.3 Å². The van der Waals surface area contributed by atoms with Gasteiger partial charge in [0.2, 0.25) is 0 Å². The van der Waals surface area contributed by atoms with Crippen LogP contribution in [0.3, 0.4) is 0 Å². The van der Waals surface area contributed by atoms with Crippen LogP contribution in [0.15, 0.2) is 6.20 Å². The van der Waals surface area contributed by atoms with Gasteiger partial charge in [-0.3, -0.25) is 4.79 Å². The van der Waals surface area contributed by atoms with Gasteiger partial charge in [0.15, 0.2) is 10.9 Å². The molecule has 17 heavy (non-hydrogen) atoms. The number of ether oxygens (including phenoxy) is 1. The third-order valence-corrected chi connectivity index (χ3v) is 3.84. The molecule has 0 spiro atoms. The molecule has 5 heteroatoms. The largest absolute Gasteiger partial charge is 0.369 e. The number of ketones is 1. The molecule has 1 aromatic heterocycles. The number of aromatic nitrogens is 1. The second kappa shape index (κ2) is 4.38. The van der Waals surface area contributed by atoms with E-state index in [1.165, 1.54) is 11.3 Å². The highest BCUT2D eigenvalue weighted by Crippen LogP contribution is 2.29. The summed E-state index contributed by atoms with van der Waals surface area (Å²) in [6.45, 7) is 9.43. The molecule has 0 amide bonds.